The number of hydrogen-bond acceptors (Lipinski definition) is 9. The Hall–Kier alpha value is -2.33. The standard InChI is InChI=1S/C21H32N2O7/c1-4-27-13-14-29-23(15-19(24)30-20(25)16(3)22)18(21(26)28-5-2)12-11-17-9-7-6-8-10-17/h6-10,16,18H,4-5,11-15,22H2,1-3H3/t16-,18?/m0/s1. The summed E-state index contributed by atoms with van der Waals surface area (Å²) >= 11 is 0. The molecular weight excluding hydrogens is 392 g/mol. The predicted molar refractivity (Wildman–Crippen MR) is 109 cm³/mol. The lowest BCUT2D eigenvalue weighted by Gasteiger charge is -2.28. The summed E-state index contributed by atoms with van der Waals surface area (Å²) in [6.07, 6.45) is 0.898. The number of hydrogen-bond donors (Lipinski definition) is 1. The summed E-state index contributed by atoms with van der Waals surface area (Å²) in [7, 11) is 0. The number of rotatable bonds is 14. The van der Waals surface area contributed by atoms with E-state index < -0.39 is 36.5 Å². The van der Waals surface area contributed by atoms with Crippen LogP contribution in [0.4, 0.5) is 0 Å². The highest BCUT2D eigenvalue weighted by molar-refractivity contribution is 5.89. The number of carbonyl (C=O) groups excluding carboxylic acids is 3. The van der Waals surface area contributed by atoms with Crippen molar-refractivity contribution in [1.29, 1.82) is 0 Å². The van der Waals surface area contributed by atoms with Crippen LogP contribution in [0.15, 0.2) is 30.3 Å². The van der Waals surface area contributed by atoms with E-state index in [0.29, 0.717) is 19.4 Å². The van der Waals surface area contributed by atoms with E-state index in [1.165, 1.54) is 12.0 Å². The molecule has 1 aromatic rings. The second kappa shape index (κ2) is 14.6. The molecule has 1 unspecified atom stereocenters. The average molecular weight is 424 g/mol. The van der Waals surface area contributed by atoms with Gasteiger partial charge in [0.25, 0.3) is 0 Å². The number of aryl methyl sites for hydroxylation is 1. The molecule has 30 heavy (non-hydrogen) atoms. The highest BCUT2D eigenvalue weighted by Gasteiger charge is 2.31. The van der Waals surface area contributed by atoms with Crippen molar-refractivity contribution in [2.24, 2.45) is 5.73 Å². The minimum Gasteiger partial charge on any atom is -0.465 e. The fourth-order valence-corrected chi connectivity index (χ4v) is 2.53. The number of benzene rings is 1. The maximum absolute atomic E-state index is 12.6. The average Bonchev–Trinajstić information content (AvgIpc) is 2.71. The number of esters is 3. The van der Waals surface area contributed by atoms with Gasteiger partial charge in [0.05, 0.1) is 19.8 Å². The van der Waals surface area contributed by atoms with Crippen molar-refractivity contribution < 1.29 is 33.4 Å². The third kappa shape index (κ3) is 9.93. The van der Waals surface area contributed by atoms with Gasteiger partial charge in [-0.3, -0.25) is 14.4 Å². The molecule has 0 aliphatic heterocycles. The molecule has 1 aromatic carbocycles. The number of carbonyl (C=O) groups is 3. The topological polar surface area (TPSA) is 117 Å². The zero-order valence-electron chi connectivity index (χ0n) is 17.9. The minimum absolute atomic E-state index is 0.115. The molecule has 0 heterocycles. The van der Waals surface area contributed by atoms with Gasteiger partial charge in [0.1, 0.15) is 18.6 Å². The van der Waals surface area contributed by atoms with Crippen LogP contribution in [-0.4, -0.2) is 68.0 Å². The Labute approximate surface area is 177 Å². The van der Waals surface area contributed by atoms with E-state index in [1.807, 2.05) is 37.3 Å². The number of hydroxylamine groups is 2. The zero-order chi connectivity index (χ0) is 22.4. The van der Waals surface area contributed by atoms with Crippen LogP contribution in [0.5, 0.6) is 0 Å². The lowest BCUT2D eigenvalue weighted by molar-refractivity contribution is -0.213. The lowest BCUT2D eigenvalue weighted by Crippen LogP contribution is -2.46. The first-order chi connectivity index (χ1) is 14.4. The van der Waals surface area contributed by atoms with E-state index in [9.17, 15) is 14.4 Å². The van der Waals surface area contributed by atoms with Crippen molar-refractivity contribution in [2.75, 3.05) is 33.0 Å². The van der Waals surface area contributed by atoms with Crippen LogP contribution in [0.2, 0.25) is 0 Å². The molecule has 0 saturated carbocycles. The van der Waals surface area contributed by atoms with E-state index in [0.717, 1.165) is 5.56 Å². The summed E-state index contributed by atoms with van der Waals surface area (Å²) in [4.78, 5) is 42.1. The van der Waals surface area contributed by atoms with Crippen LogP contribution in [0.3, 0.4) is 0 Å². The molecule has 0 aliphatic carbocycles. The van der Waals surface area contributed by atoms with Crippen molar-refractivity contribution in [3.8, 4) is 0 Å². The molecule has 0 aliphatic rings. The molecule has 0 amide bonds. The second-order valence-corrected chi connectivity index (χ2v) is 6.48. The van der Waals surface area contributed by atoms with Gasteiger partial charge in [-0.05, 0) is 39.2 Å². The maximum Gasteiger partial charge on any atom is 0.330 e. The van der Waals surface area contributed by atoms with Crippen LogP contribution in [0.25, 0.3) is 0 Å². The third-order valence-electron chi connectivity index (χ3n) is 4.02. The number of nitrogens with two attached hydrogens (primary N) is 1. The van der Waals surface area contributed by atoms with E-state index in [-0.39, 0.29) is 19.8 Å². The Morgan fingerprint density at radius 2 is 1.73 bits per heavy atom. The van der Waals surface area contributed by atoms with Crippen LogP contribution < -0.4 is 5.73 Å². The first-order valence-corrected chi connectivity index (χ1v) is 10.1. The maximum atomic E-state index is 12.6. The Morgan fingerprint density at radius 3 is 2.33 bits per heavy atom. The molecule has 2 N–H and O–H groups in total. The predicted octanol–water partition coefficient (Wildman–Crippen LogP) is 1.24. The van der Waals surface area contributed by atoms with Crippen LogP contribution in [-0.2, 0) is 39.9 Å². The van der Waals surface area contributed by atoms with E-state index in [4.69, 9.17) is 24.8 Å². The molecule has 0 spiro atoms. The van der Waals surface area contributed by atoms with Gasteiger partial charge >= 0.3 is 17.9 Å². The van der Waals surface area contributed by atoms with Crippen LogP contribution in [0, 0.1) is 0 Å². The van der Waals surface area contributed by atoms with Crippen molar-refractivity contribution in [1.82, 2.24) is 5.06 Å². The monoisotopic (exact) mass is 424 g/mol. The first-order valence-electron chi connectivity index (χ1n) is 10.1. The van der Waals surface area contributed by atoms with Gasteiger partial charge in [0.2, 0.25) is 0 Å². The van der Waals surface area contributed by atoms with Crippen molar-refractivity contribution >= 4 is 17.9 Å². The summed E-state index contributed by atoms with van der Waals surface area (Å²) in [5.41, 5.74) is 6.45. The third-order valence-corrected chi connectivity index (χ3v) is 4.02. The Balaban J connectivity index is 2.92. The second-order valence-electron chi connectivity index (χ2n) is 6.48. The highest BCUT2D eigenvalue weighted by Crippen LogP contribution is 2.13. The summed E-state index contributed by atoms with van der Waals surface area (Å²) in [5.74, 6) is -2.26. The van der Waals surface area contributed by atoms with Gasteiger partial charge in [-0.25, -0.2) is 4.79 Å². The summed E-state index contributed by atoms with van der Waals surface area (Å²) in [5, 5.41) is 1.19. The van der Waals surface area contributed by atoms with E-state index in [1.54, 1.807) is 6.92 Å². The SMILES string of the molecule is CCOCCON(CC(=O)OC(=O)[C@H](C)N)C(CCc1ccccc1)C(=O)OCC. The van der Waals surface area contributed by atoms with Gasteiger partial charge in [-0.2, -0.15) is 5.06 Å². The smallest absolute Gasteiger partial charge is 0.330 e. The molecule has 168 valence electrons. The molecule has 0 aromatic heterocycles. The zero-order valence-corrected chi connectivity index (χ0v) is 17.9. The van der Waals surface area contributed by atoms with Crippen LogP contribution in [0.1, 0.15) is 32.8 Å². The lowest BCUT2D eigenvalue weighted by atomic mass is 10.0. The largest absolute Gasteiger partial charge is 0.465 e. The normalized spacial score (nSPS) is 13.0. The molecule has 1 rings (SSSR count). The van der Waals surface area contributed by atoms with Crippen molar-refractivity contribution in [2.45, 2.75) is 45.7 Å². The summed E-state index contributed by atoms with van der Waals surface area (Å²) in [6, 6.07) is 7.78. The quantitative estimate of drug-likeness (QED) is 0.204. The van der Waals surface area contributed by atoms with E-state index >= 15 is 0 Å². The van der Waals surface area contributed by atoms with Gasteiger partial charge in [-0.1, -0.05) is 30.3 Å². The fourth-order valence-electron chi connectivity index (χ4n) is 2.53. The Morgan fingerprint density at radius 1 is 1.03 bits per heavy atom. The van der Waals surface area contributed by atoms with Gasteiger partial charge in [-0.15, -0.1) is 0 Å². The summed E-state index contributed by atoms with van der Waals surface area (Å²) in [6.45, 7) is 5.58. The van der Waals surface area contributed by atoms with Gasteiger partial charge < -0.3 is 19.9 Å². The first kappa shape index (κ1) is 25.7. The van der Waals surface area contributed by atoms with Crippen molar-refractivity contribution in [3.63, 3.8) is 0 Å². The molecule has 0 radical (unpaired) electrons. The molecular formula is C21H32N2O7. The Bertz CT molecular complexity index is 652. The number of ether oxygens (including phenoxy) is 3. The minimum atomic E-state index is -0.944. The van der Waals surface area contributed by atoms with Gasteiger partial charge in [0.15, 0.2) is 0 Å². The Kier molecular flexibility index (Phi) is 12.5. The molecule has 2 atom stereocenters. The molecule has 9 nitrogen and oxygen atoms in total. The molecule has 0 bridgehead atoms. The van der Waals surface area contributed by atoms with E-state index in [2.05, 4.69) is 0 Å². The fraction of sp³-hybridized carbons (Fsp3) is 0.571. The van der Waals surface area contributed by atoms with Crippen LogP contribution >= 0.6 is 0 Å². The van der Waals surface area contributed by atoms with Gasteiger partial charge in [0, 0.05) is 6.61 Å². The molecule has 9 heteroatoms. The summed E-state index contributed by atoms with van der Waals surface area (Å²) < 4.78 is 15.1. The van der Waals surface area contributed by atoms with Crippen molar-refractivity contribution in [3.05, 3.63) is 35.9 Å². The molecule has 0 fully saturated rings. The number of nitrogens with zero attached hydrogens (tertiary/aromatic N) is 1. The molecule has 0 saturated heterocycles. The highest BCUT2D eigenvalue weighted by atomic mass is 16.7.